The quantitative estimate of drug-likeness (QED) is 0.668. The monoisotopic (exact) mass is 369 g/mol. The van der Waals surface area contributed by atoms with Crippen LogP contribution in [0.2, 0.25) is 0 Å². The number of nitrogens with zero attached hydrogens (tertiary/aromatic N) is 5. The number of imidazole rings is 1. The van der Waals surface area contributed by atoms with Gasteiger partial charge in [0.05, 0.1) is 13.7 Å². The number of hydrogen-bond acceptors (Lipinski definition) is 6. The van der Waals surface area contributed by atoms with Gasteiger partial charge in [-0.05, 0) is 24.9 Å². The second-order valence-electron chi connectivity index (χ2n) is 6.64. The fraction of sp³-hybridized carbons (Fsp3) is 0.421. The number of rotatable bonds is 6. The Labute approximate surface area is 157 Å². The molecule has 0 spiro atoms. The molecule has 1 fully saturated rings. The molecular formula is C19H23N5OS. The van der Waals surface area contributed by atoms with Crippen LogP contribution in [0.4, 0.5) is 0 Å². The van der Waals surface area contributed by atoms with Gasteiger partial charge in [0, 0.05) is 31.4 Å². The zero-order valence-electron chi connectivity index (χ0n) is 14.9. The predicted molar refractivity (Wildman–Crippen MR) is 101 cm³/mol. The second kappa shape index (κ2) is 7.97. The van der Waals surface area contributed by atoms with E-state index in [0.717, 1.165) is 31.2 Å². The highest BCUT2D eigenvalue weighted by molar-refractivity contribution is 7.13. The number of benzene rings is 1. The van der Waals surface area contributed by atoms with Crippen LogP contribution in [0.3, 0.4) is 0 Å². The summed E-state index contributed by atoms with van der Waals surface area (Å²) >= 11 is 1.52. The number of ether oxygens (including phenoxy) is 1. The third kappa shape index (κ3) is 3.94. The molecule has 26 heavy (non-hydrogen) atoms. The minimum atomic E-state index is 0.456. The van der Waals surface area contributed by atoms with Crippen molar-refractivity contribution >= 4 is 11.3 Å². The lowest BCUT2D eigenvalue weighted by Crippen LogP contribution is -2.35. The van der Waals surface area contributed by atoms with Gasteiger partial charge >= 0.3 is 0 Å². The Balaban J connectivity index is 1.44. The molecule has 7 heteroatoms. The third-order valence-electron chi connectivity index (χ3n) is 4.80. The number of piperidine rings is 1. The van der Waals surface area contributed by atoms with Gasteiger partial charge in [0.2, 0.25) is 0 Å². The fourth-order valence-electron chi connectivity index (χ4n) is 3.58. The van der Waals surface area contributed by atoms with E-state index < -0.39 is 0 Å². The molecule has 6 nitrogen and oxygen atoms in total. The molecule has 1 unspecified atom stereocenters. The van der Waals surface area contributed by atoms with Gasteiger partial charge < -0.3 is 9.30 Å². The van der Waals surface area contributed by atoms with Crippen molar-refractivity contribution < 1.29 is 4.74 Å². The Morgan fingerprint density at radius 3 is 2.88 bits per heavy atom. The summed E-state index contributed by atoms with van der Waals surface area (Å²) < 4.78 is 7.44. The Morgan fingerprint density at radius 2 is 2.08 bits per heavy atom. The summed E-state index contributed by atoms with van der Waals surface area (Å²) in [6, 6.07) is 10.6. The van der Waals surface area contributed by atoms with Crippen LogP contribution in [0, 0.1) is 0 Å². The molecule has 0 radical (unpaired) electrons. The lowest BCUT2D eigenvalue weighted by molar-refractivity contribution is 0.194. The highest BCUT2D eigenvalue weighted by Crippen LogP contribution is 2.28. The molecule has 4 rings (SSSR count). The summed E-state index contributed by atoms with van der Waals surface area (Å²) in [5, 5.41) is 9.90. The largest absolute Gasteiger partial charge is 0.472 e. The highest BCUT2D eigenvalue weighted by atomic mass is 32.1. The molecule has 0 bridgehead atoms. The van der Waals surface area contributed by atoms with Crippen molar-refractivity contribution in [3.8, 4) is 5.19 Å². The van der Waals surface area contributed by atoms with Crippen molar-refractivity contribution in [2.75, 3.05) is 20.2 Å². The normalized spacial score (nSPS) is 18.1. The maximum absolute atomic E-state index is 5.15. The van der Waals surface area contributed by atoms with E-state index in [9.17, 15) is 0 Å². The Morgan fingerprint density at radius 1 is 1.19 bits per heavy atom. The van der Waals surface area contributed by atoms with Crippen molar-refractivity contribution in [2.24, 2.45) is 0 Å². The Kier molecular flexibility index (Phi) is 5.26. The molecule has 1 aromatic carbocycles. The van der Waals surface area contributed by atoms with Gasteiger partial charge in [-0.15, -0.1) is 10.2 Å². The molecule has 0 aliphatic carbocycles. The number of hydrogen-bond donors (Lipinski definition) is 0. The van der Waals surface area contributed by atoms with Gasteiger partial charge in [-0.3, -0.25) is 4.90 Å². The van der Waals surface area contributed by atoms with E-state index in [4.69, 9.17) is 4.74 Å². The standard InChI is InChI=1S/C19H23N5OS/c1-25-19-22-21-17(26-19)14-23-10-5-8-16(13-23)18-20-9-11-24(18)12-15-6-3-2-4-7-15/h2-4,6-7,9,11,16H,5,8,10,12-14H2,1H3. The van der Waals surface area contributed by atoms with Gasteiger partial charge in [-0.1, -0.05) is 41.7 Å². The molecule has 1 aliphatic rings. The smallest absolute Gasteiger partial charge is 0.293 e. The van der Waals surface area contributed by atoms with E-state index in [1.165, 1.54) is 35.6 Å². The van der Waals surface area contributed by atoms with Crippen molar-refractivity contribution in [2.45, 2.75) is 31.8 Å². The summed E-state index contributed by atoms with van der Waals surface area (Å²) in [7, 11) is 1.63. The number of aromatic nitrogens is 4. The van der Waals surface area contributed by atoms with E-state index in [-0.39, 0.29) is 0 Å². The van der Waals surface area contributed by atoms with Crippen LogP contribution in [0.5, 0.6) is 5.19 Å². The maximum Gasteiger partial charge on any atom is 0.293 e. The Bertz CT molecular complexity index is 831. The summed E-state index contributed by atoms with van der Waals surface area (Å²) in [4.78, 5) is 7.14. The van der Waals surface area contributed by atoms with Crippen LogP contribution >= 0.6 is 11.3 Å². The first-order valence-electron chi connectivity index (χ1n) is 8.95. The van der Waals surface area contributed by atoms with Gasteiger partial charge in [0.1, 0.15) is 10.8 Å². The van der Waals surface area contributed by atoms with E-state index in [1.54, 1.807) is 7.11 Å². The molecule has 1 saturated heterocycles. The average molecular weight is 369 g/mol. The van der Waals surface area contributed by atoms with E-state index in [0.29, 0.717) is 11.1 Å². The van der Waals surface area contributed by atoms with Gasteiger partial charge in [-0.25, -0.2) is 4.98 Å². The molecule has 2 aromatic heterocycles. The molecule has 1 atom stereocenters. The zero-order chi connectivity index (χ0) is 17.8. The molecule has 136 valence electrons. The van der Waals surface area contributed by atoms with Crippen LogP contribution < -0.4 is 4.74 Å². The molecular weight excluding hydrogens is 346 g/mol. The van der Waals surface area contributed by atoms with E-state index in [1.807, 2.05) is 6.20 Å². The highest BCUT2D eigenvalue weighted by Gasteiger charge is 2.25. The van der Waals surface area contributed by atoms with Crippen molar-refractivity contribution in [3.05, 3.63) is 59.1 Å². The van der Waals surface area contributed by atoms with E-state index >= 15 is 0 Å². The Hall–Kier alpha value is -2.25. The number of methoxy groups -OCH3 is 1. The second-order valence-corrected chi connectivity index (χ2v) is 7.66. The summed E-state index contributed by atoms with van der Waals surface area (Å²) in [6.07, 6.45) is 6.38. The topological polar surface area (TPSA) is 56.1 Å². The summed E-state index contributed by atoms with van der Waals surface area (Å²) in [5.41, 5.74) is 1.31. The first-order chi connectivity index (χ1) is 12.8. The molecule has 0 amide bonds. The van der Waals surface area contributed by atoms with Crippen LogP contribution in [0.15, 0.2) is 42.7 Å². The first-order valence-corrected chi connectivity index (χ1v) is 9.77. The van der Waals surface area contributed by atoms with Gasteiger partial charge in [0.25, 0.3) is 5.19 Å². The lowest BCUT2D eigenvalue weighted by atomic mass is 9.97. The minimum Gasteiger partial charge on any atom is -0.472 e. The maximum atomic E-state index is 5.15. The first kappa shape index (κ1) is 17.2. The van der Waals surface area contributed by atoms with Crippen molar-refractivity contribution in [1.29, 1.82) is 0 Å². The molecule has 3 aromatic rings. The number of likely N-dealkylation sites (tertiary alicyclic amines) is 1. The SMILES string of the molecule is COc1nnc(CN2CCCC(c3nccn3Cc3ccccc3)C2)s1. The summed E-state index contributed by atoms with van der Waals surface area (Å²) in [6.45, 7) is 3.81. The lowest BCUT2D eigenvalue weighted by Gasteiger charge is -2.32. The van der Waals surface area contributed by atoms with Crippen LogP contribution in [0.25, 0.3) is 0 Å². The van der Waals surface area contributed by atoms with E-state index in [2.05, 4.69) is 61.2 Å². The molecule has 0 saturated carbocycles. The minimum absolute atomic E-state index is 0.456. The van der Waals surface area contributed by atoms with Crippen LogP contribution in [0.1, 0.15) is 35.2 Å². The van der Waals surface area contributed by atoms with Crippen molar-refractivity contribution in [1.82, 2.24) is 24.6 Å². The van der Waals surface area contributed by atoms with Gasteiger partial charge in [0.15, 0.2) is 0 Å². The molecule has 0 N–H and O–H groups in total. The zero-order valence-corrected chi connectivity index (χ0v) is 15.7. The predicted octanol–water partition coefficient (Wildman–Crippen LogP) is 3.17. The van der Waals surface area contributed by atoms with Crippen LogP contribution in [-0.2, 0) is 13.1 Å². The average Bonchev–Trinajstić information content (AvgIpc) is 3.32. The third-order valence-corrected chi connectivity index (χ3v) is 5.67. The fourth-order valence-corrected chi connectivity index (χ4v) is 4.28. The van der Waals surface area contributed by atoms with Crippen molar-refractivity contribution in [3.63, 3.8) is 0 Å². The van der Waals surface area contributed by atoms with Crippen LogP contribution in [-0.4, -0.2) is 44.8 Å². The molecule has 3 heterocycles. The summed E-state index contributed by atoms with van der Waals surface area (Å²) in [5.74, 6) is 1.64. The molecule has 1 aliphatic heterocycles. The van der Waals surface area contributed by atoms with Gasteiger partial charge in [-0.2, -0.15) is 0 Å².